The summed E-state index contributed by atoms with van der Waals surface area (Å²) >= 11 is 0. The molecule has 32 heavy (non-hydrogen) atoms. The van der Waals surface area contributed by atoms with Gasteiger partial charge < -0.3 is 19.5 Å². The second-order valence-electron chi connectivity index (χ2n) is 7.49. The van der Waals surface area contributed by atoms with Crippen LogP contribution in [0.4, 0.5) is 5.69 Å². The summed E-state index contributed by atoms with van der Waals surface area (Å²) in [6.07, 6.45) is 0.803. The van der Waals surface area contributed by atoms with Crippen molar-refractivity contribution in [2.75, 3.05) is 38.2 Å². The Morgan fingerprint density at radius 2 is 1.69 bits per heavy atom. The van der Waals surface area contributed by atoms with Crippen molar-refractivity contribution in [3.05, 3.63) is 42.5 Å². The summed E-state index contributed by atoms with van der Waals surface area (Å²) in [4.78, 5) is 12.6. The van der Waals surface area contributed by atoms with E-state index in [0.29, 0.717) is 36.3 Å². The highest BCUT2D eigenvalue weighted by atomic mass is 32.2. The lowest BCUT2D eigenvalue weighted by molar-refractivity contribution is -0.119. The highest BCUT2D eigenvalue weighted by Crippen LogP contribution is 2.32. The average molecular weight is 465 g/mol. The summed E-state index contributed by atoms with van der Waals surface area (Å²) in [5.41, 5.74) is 0.349. The Morgan fingerprint density at radius 1 is 1.03 bits per heavy atom. The van der Waals surface area contributed by atoms with Crippen LogP contribution in [-0.2, 0) is 14.8 Å². The zero-order chi connectivity index (χ0) is 23.7. The first kappa shape index (κ1) is 25.3. The molecule has 0 fully saturated rings. The maximum atomic E-state index is 13.5. The molecule has 0 spiro atoms. The minimum atomic E-state index is -4.08. The Bertz CT molecular complexity index is 990. The average Bonchev–Trinajstić information content (AvgIpc) is 2.77. The first-order valence-corrected chi connectivity index (χ1v) is 11.9. The number of rotatable bonds is 12. The number of nitrogens with one attached hydrogen (secondary N) is 1. The van der Waals surface area contributed by atoms with Gasteiger partial charge in [0.15, 0.2) is 11.5 Å². The molecule has 0 aliphatic carbocycles. The van der Waals surface area contributed by atoms with Crippen molar-refractivity contribution in [2.24, 2.45) is 5.92 Å². The van der Waals surface area contributed by atoms with Crippen LogP contribution in [0.3, 0.4) is 0 Å². The van der Waals surface area contributed by atoms with Crippen molar-refractivity contribution < 1.29 is 27.4 Å². The predicted octanol–water partition coefficient (Wildman–Crippen LogP) is 3.46. The van der Waals surface area contributed by atoms with E-state index in [-0.39, 0.29) is 23.1 Å². The maximum Gasteiger partial charge on any atom is 0.264 e. The Morgan fingerprint density at radius 3 is 2.25 bits per heavy atom. The molecule has 0 aliphatic heterocycles. The number of methoxy groups -OCH3 is 2. The van der Waals surface area contributed by atoms with Gasteiger partial charge in [-0.05, 0) is 55.7 Å². The first-order valence-electron chi connectivity index (χ1n) is 10.5. The van der Waals surface area contributed by atoms with Crippen LogP contribution in [0.25, 0.3) is 0 Å². The van der Waals surface area contributed by atoms with Gasteiger partial charge in [0.2, 0.25) is 5.91 Å². The quantitative estimate of drug-likeness (QED) is 0.517. The Hall–Kier alpha value is -2.94. The number of carbonyl (C=O) groups excluding carboxylic acids is 1. The molecule has 176 valence electrons. The highest BCUT2D eigenvalue weighted by molar-refractivity contribution is 7.92. The summed E-state index contributed by atoms with van der Waals surface area (Å²) in [7, 11) is -1.17. The fourth-order valence-corrected chi connectivity index (χ4v) is 4.42. The molecule has 2 rings (SSSR count). The Balaban J connectivity index is 2.41. The van der Waals surface area contributed by atoms with Gasteiger partial charge in [-0.1, -0.05) is 13.8 Å². The van der Waals surface area contributed by atoms with Gasteiger partial charge >= 0.3 is 0 Å². The molecule has 1 N–H and O–H groups in total. The molecular formula is C23H32N2O6S. The van der Waals surface area contributed by atoms with Crippen molar-refractivity contribution in [1.82, 2.24) is 5.32 Å². The number of nitrogens with zero attached hydrogens (tertiary/aromatic N) is 1. The minimum Gasteiger partial charge on any atom is -0.494 e. The predicted molar refractivity (Wildman–Crippen MR) is 124 cm³/mol. The van der Waals surface area contributed by atoms with Crippen LogP contribution in [0, 0.1) is 5.92 Å². The lowest BCUT2D eigenvalue weighted by Crippen LogP contribution is -2.41. The zero-order valence-electron chi connectivity index (χ0n) is 19.3. The van der Waals surface area contributed by atoms with Crippen LogP contribution in [0.5, 0.6) is 17.2 Å². The van der Waals surface area contributed by atoms with E-state index in [1.54, 1.807) is 24.3 Å². The monoisotopic (exact) mass is 464 g/mol. The summed E-state index contributed by atoms with van der Waals surface area (Å²) < 4.78 is 44.1. The van der Waals surface area contributed by atoms with E-state index < -0.39 is 10.0 Å². The summed E-state index contributed by atoms with van der Waals surface area (Å²) in [5, 5.41) is 2.80. The van der Waals surface area contributed by atoms with Gasteiger partial charge in [-0.2, -0.15) is 0 Å². The number of amides is 1. The van der Waals surface area contributed by atoms with Gasteiger partial charge in [0.1, 0.15) is 12.3 Å². The summed E-state index contributed by atoms with van der Waals surface area (Å²) in [5.74, 6) is 1.34. The summed E-state index contributed by atoms with van der Waals surface area (Å²) in [6, 6.07) is 10.9. The van der Waals surface area contributed by atoms with E-state index in [2.05, 4.69) is 19.2 Å². The fraction of sp³-hybridized carbons (Fsp3) is 0.435. The second kappa shape index (κ2) is 11.6. The van der Waals surface area contributed by atoms with Gasteiger partial charge in [0, 0.05) is 12.6 Å². The van der Waals surface area contributed by atoms with Gasteiger partial charge in [0.25, 0.3) is 10.0 Å². The SMILES string of the molecule is CCOc1ccc(N(CC(=O)NCCC(C)C)S(=O)(=O)c2ccc(OC)c(OC)c2)cc1. The molecule has 0 radical (unpaired) electrons. The molecule has 0 heterocycles. The van der Waals surface area contributed by atoms with Crippen molar-refractivity contribution in [1.29, 1.82) is 0 Å². The Kier molecular flexibility index (Phi) is 9.19. The molecule has 9 heteroatoms. The van der Waals surface area contributed by atoms with E-state index in [1.807, 2.05) is 6.92 Å². The van der Waals surface area contributed by atoms with Gasteiger partial charge in [-0.25, -0.2) is 8.42 Å². The topological polar surface area (TPSA) is 94.2 Å². The highest BCUT2D eigenvalue weighted by Gasteiger charge is 2.28. The number of anilines is 1. The van der Waals surface area contributed by atoms with Crippen LogP contribution in [0.2, 0.25) is 0 Å². The number of sulfonamides is 1. The molecule has 0 bridgehead atoms. The zero-order valence-corrected chi connectivity index (χ0v) is 20.1. The van der Waals surface area contributed by atoms with Crippen molar-refractivity contribution >= 4 is 21.6 Å². The van der Waals surface area contributed by atoms with E-state index in [1.165, 1.54) is 32.4 Å². The van der Waals surface area contributed by atoms with E-state index in [4.69, 9.17) is 14.2 Å². The molecule has 0 aliphatic rings. The van der Waals surface area contributed by atoms with Crippen molar-refractivity contribution in [3.63, 3.8) is 0 Å². The van der Waals surface area contributed by atoms with Crippen molar-refractivity contribution in [2.45, 2.75) is 32.1 Å². The third-order valence-corrected chi connectivity index (χ3v) is 6.48. The largest absolute Gasteiger partial charge is 0.494 e. The third kappa shape index (κ3) is 6.53. The molecule has 0 saturated heterocycles. The van der Waals surface area contributed by atoms with Crippen LogP contribution in [0.15, 0.2) is 47.4 Å². The number of hydrogen-bond donors (Lipinski definition) is 1. The second-order valence-corrected chi connectivity index (χ2v) is 9.35. The van der Waals surface area contributed by atoms with Crippen LogP contribution >= 0.6 is 0 Å². The van der Waals surface area contributed by atoms with E-state index >= 15 is 0 Å². The fourth-order valence-electron chi connectivity index (χ4n) is 2.98. The number of ether oxygens (including phenoxy) is 3. The Labute approximate surface area is 190 Å². The van der Waals surface area contributed by atoms with Gasteiger partial charge in [-0.15, -0.1) is 0 Å². The van der Waals surface area contributed by atoms with Crippen LogP contribution in [0.1, 0.15) is 27.2 Å². The van der Waals surface area contributed by atoms with E-state index in [9.17, 15) is 13.2 Å². The van der Waals surface area contributed by atoms with Crippen molar-refractivity contribution in [3.8, 4) is 17.2 Å². The molecule has 2 aromatic rings. The van der Waals surface area contributed by atoms with Gasteiger partial charge in [-0.3, -0.25) is 9.10 Å². The molecule has 0 atom stereocenters. The molecule has 0 unspecified atom stereocenters. The lowest BCUT2D eigenvalue weighted by Gasteiger charge is -2.25. The molecule has 0 aromatic heterocycles. The van der Waals surface area contributed by atoms with Crippen LogP contribution < -0.4 is 23.8 Å². The normalized spacial score (nSPS) is 11.2. The summed E-state index contributed by atoms with van der Waals surface area (Å²) in [6.45, 7) is 6.58. The lowest BCUT2D eigenvalue weighted by atomic mass is 10.1. The minimum absolute atomic E-state index is 0.0148. The molecule has 8 nitrogen and oxygen atoms in total. The number of hydrogen-bond acceptors (Lipinski definition) is 6. The maximum absolute atomic E-state index is 13.5. The molecular weight excluding hydrogens is 432 g/mol. The molecule has 2 aromatic carbocycles. The number of carbonyl (C=O) groups is 1. The van der Waals surface area contributed by atoms with Gasteiger partial charge in [0.05, 0.1) is 31.4 Å². The van der Waals surface area contributed by atoms with E-state index in [0.717, 1.165) is 10.7 Å². The number of benzene rings is 2. The first-order chi connectivity index (χ1) is 15.2. The standard InChI is InChI=1S/C23H32N2O6S/c1-6-31-19-9-7-18(8-10-19)25(16-23(26)24-14-13-17(2)3)32(27,28)20-11-12-21(29-4)22(15-20)30-5/h7-12,15,17H,6,13-14,16H2,1-5H3,(H,24,26). The third-order valence-electron chi connectivity index (χ3n) is 4.71. The smallest absolute Gasteiger partial charge is 0.264 e. The molecule has 1 amide bonds. The molecule has 0 saturated carbocycles. The van der Waals surface area contributed by atoms with Crippen LogP contribution in [-0.4, -0.2) is 48.2 Å².